The van der Waals surface area contributed by atoms with E-state index in [1.54, 1.807) is 11.3 Å². The van der Waals surface area contributed by atoms with Gasteiger partial charge in [0.1, 0.15) is 5.01 Å². The lowest BCUT2D eigenvalue weighted by Crippen LogP contribution is -1.88. The van der Waals surface area contributed by atoms with Crippen LogP contribution in [0.5, 0.6) is 0 Å². The van der Waals surface area contributed by atoms with E-state index < -0.39 is 0 Å². The number of rotatable bonds is 1. The lowest BCUT2D eigenvalue weighted by molar-refractivity contribution is 1.47. The van der Waals surface area contributed by atoms with Crippen molar-refractivity contribution in [1.29, 1.82) is 0 Å². The maximum atomic E-state index is 5.83. The van der Waals surface area contributed by atoms with E-state index in [2.05, 4.69) is 55.6 Å². The average Bonchev–Trinajstić information content (AvgIpc) is 2.75. The Labute approximate surface area is 130 Å². The molecule has 0 aliphatic rings. The Morgan fingerprint density at radius 1 is 1.17 bits per heavy atom. The number of nitrogens with two attached hydrogens (primary N) is 1. The van der Waals surface area contributed by atoms with Crippen LogP contribution in [-0.2, 0) is 0 Å². The summed E-state index contributed by atoms with van der Waals surface area (Å²) in [5, 5.41) is 1.03. The second kappa shape index (κ2) is 4.79. The normalized spacial score (nSPS) is 11.0. The highest BCUT2D eigenvalue weighted by atomic mass is 127. The van der Waals surface area contributed by atoms with E-state index in [-0.39, 0.29) is 0 Å². The fourth-order valence-corrected chi connectivity index (χ4v) is 3.71. The van der Waals surface area contributed by atoms with E-state index in [0.717, 1.165) is 29.8 Å². The molecule has 0 aliphatic heterocycles. The summed E-state index contributed by atoms with van der Waals surface area (Å²) in [7, 11) is 0. The molecule has 5 heteroatoms. The van der Waals surface area contributed by atoms with Crippen LogP contribution < -0.4 is 5.73 Å². The number of nitrogens with zero attached hydrogens (tertiary/aromatic N) is 1. The van der Waals surface area contributed by atoms with Gasteiger partial charge in [0.05, 0.1) is 10.2 Å². The predicted molar refractivity (Wildman–Crippen MR) is 89.9 cm³/mol. The topological polar surface area (TPSA) is 38.9 Å². The van der Waals surface area contributed by atoms with Crippen molar-refractivity contribution in [2.75, 3.05) is 5.73 Å². The summed E-state index contributed by atoms with van der Waals surface area (Å²) in [6.07, 6.45) is 0. The van der Waals surface area contributed by atoms with Crippen LogP contribution in [-0.4, -0.2) is 4.98 Å². The van der Waals surface area contributed by atoms with Crippen molar-refractivity contribution in [3.8, 4) is 10.6 Å². The Bertz CT molecular complexity index is 739. The molecule has 0 saturated heterocycles. The molecule has 0 saturated carbocycles. The van der Waals surface area contributed by atoms with Crippen LogP contribution in [0.4, 0.5) is 5.69 Å². The minimum Gasteiger partial charge on any atom is -0.398 e. The van der Waals surface area contributed by atoms with Gasteiger partial charge in [-0.1, -0.05) is 15.9 Å². The number of hydrogen-bond acceptors (Lipinski definition) is 3. The number of nitrogen functional groups attached to an aromatic ring is 1. The zero-order chi connectivity index (χ0) is 12.7. The SMILES string of the molecule is Nc1ccc(-c2nc3ccc(Br)cc3s2)cc1I. The molecular formula is C13H8BrIN2S. The smallest absolute Gasteiger partial charge is 0.124 e. The molecule has 1 aromatic heterocycles. The molecule has 0 spiro atoms. The summed E-state index contributed by atoms with van der Waals surface area (Å²) in [4.78, 5) is 4.65. The Kier molecular flexibility index (Phi) is 3.29. The molecule has 2 N–H and O–H groups in total. The van der Waals surface area contributed by atoms with Crippen LogP contribution in [0, 0.1) is 3.57 Å². The van der Waals surface area contributed by atoms with Crippen molar-refractivity contribution in [2.24, 2.45) is 0 Å². The van der Waals surface area contributed by atoms with Gasteiger partial charge < -0.3 is 5.73 Å². The van der Waals surface area contributed by atoms with E-state index in [1.807, 2.05) is 24.3 Å². The second-order valence-electron chi connectivity index (χ2n) is 3.87. The molecule has 0 unspecified atom stereocenters. The van der Waals surface area contributed by atoms with Gasteiger partial charge in [0.2, 0.25) is 0 Å². The number of fused-ring (bicyclic) bond motifs is 1. The van der Waals surface area contributed by atoms with Crippen molar-refractivity contribution >= 4 is 65.8 Å². The quantitative estimate of drug-likeness (QED) is 0.440. The molecule has 90 valence electrons. The maximum Gasteiger partial charge on any atom is 0.124 e. The predicted octanol–water partition coefficient (Wildman–Crippen LogP) is 4.91. The Morgan fingerprint density at radius 2 is 2.00 bits per heavy atom. The first-order valence-electron chi connectivity index (χ1n) is 5.25. The van der Waals surface area contributed by atoms with Crippen molar-refractivity contribution in [2.45, 2.75) is 0 Å². The summed E-state index contributed by atoms with van der Waals surface area (Å²) >= 11 is 7.42. The highest BCUT2D eigenvalue weighted by molar-refractivity contribution is 14.1. The Balaban J connectivity index is 2.16. The monoisotopic (exact) mass is 430 g/mol. The van der Waals surface area contributed by atoms with Crippen LogP contribution in [0.15, 0.2) is 40.9 Å². The van der Waals surface area contributed by atoms with Gasteiger partial charge in [0.25, 0.3) is 0 Å². The molecule has 0 aliphatic carbocycles. The third-order valence-corrected chi connectivity index (χ3v) is 5.09. The molecular weight excluding hydrogens is 423 g/mol. The third-order valence-electron chi connectivity index (χ3n) is 2.60. The van der Waals surface area contributed by atoms with Gasteiger partial charge in [-0.25, -0.2) is 4.98 Å². The molecule has 0 amide bonds. The zero-order valence-corrected chi connectivity index (χ0v) is 13.7. The molecule has 0 fully saturated rings. The Morgan fingerprint density at radius 3 is 2.78 bits per heavy atom. The van der Waals surface area contributed by atoms with Gasteiger partial charge in [0.15, 0.2) is 0 Å². The third kappa shape index (κ3) is 2.26. The number of halogens is 2. The van der Waals surface area contributed by atoms with Crippen molar-refractivity contribution in [3.63, 3.8) is 0 Å². The van der Waals surface area contributed by atoms with Crippen molar-refractivity contribution < 1.29 is 0 Å². The fourth-order valence-electron chi connectivity index (χ4n) is 1.68. The van der Waals surface area contributed by atoms with E-state index in [0.29, 0.717) is 0 Å². The fraction of sp³-hybridized carbons (Fsp3) is 0. The Hall–Kier alpha value is -0.660. The number of benzene rings is 2. The summed E-state index contributed by atoms with van der Waals surface area (Å²) < 4.78 is 3.33. The zero-order valence-electron chi connectivity index (χ0n) is 9.15. The first-order valence-corrected chi connectivity index (χ1v) is 7.94. The van der Waals surface area contributed by atoms with Crippen LogP contribution >= 0.6 is 49.9 Å². The summed E-state index contributed by atoms with van der Waals surface area (Å²) in [5.41, 5.74) is 8.79. The number of hydrogen-bond donors (Lipinski definition) is 1. The van der Waals surface area contributed by atoms with E-state index in [1.165, 1.54) is 4.70 Å². The number of aromatic nitrogens is 1. The number of thiazole rings is 1. The summed E-state index contributed by atoms with van der Waals surface area (Å²) in [5.74, 6) is 0. The first kappa shape index (κ1) is 12.4. The maximum absolute atomic E-state index is 5.83. The van der Waals surface area contributed by atoms with Crippen LogP contribution in [0.2, 0.25) is 0 Å². The van der Waals surface area contributed by atoms with Gasteiger partial charge in [-0.2, -0.15) is 0 Å². The van der Waals surface area contributed by atoms with Crippen molar-refractivity contribution in [1.82, 2.24) is 4.98 Å². The minimum atomic E-state index is 0.809. The molecule has 1 heterocycles. The average molecular weight is 431 g/mol. The number of anilines is 1. The lowest BCUT2D eigenvalue weighted by atomic mass is 10.2. The lowest BCUT2D eigenvalue weighted by Gasteiger charge is -2.00. The molecule has 0 atom stereocenters. The standard InChI is InChI=1S/C13H8BrIN2S/c14-8-2-4-11-12(6-8)18-13(17-11)7-1-3-10(16)9(15)5-7/h1-6H,16H2. The largest absolute Gasteiger partial charge is 0.398 e. The van der Waals surface area contributed by atoms with Gasteiger partial charge in [0, 0.05) is 19.3 Å². The summed E-state index contributed by atoms with van der Waals surface area (Å²) in [6.45, 7) is 0. The first-order chi connectivity index (χ1) is 8.63. The molecule has 0 bridgehead atoms. The molecule has 0 radical (unpaired) electrons. The molecule has 18 heavy (non-hydrogen) atoms. The van der Waals surface area contributed by atoms with Gasteiger partial charge in [-0.05, 0) is 59.0 Å². The van der Waals surface area contributed by atoms with E-state index >= 15 is 0 Å². The van der Waals surface area contributed by atoms with Gasteiger partial charge in [-0.3, -0.25) is 0 Å². The van der Waals surface area contributed by atoms with Gasteiger partial charge in [-0.15, -0.1) is 11.3 Å². The van der Waals surface area contributed by atoms with E-state index in [4.69, 9.17) is 5.73 Å². The minimum absolute atomic E-state index is 0.809. The molecule has 3 rings (SSSR count). The van der Waals surface area contributed by atoms with E-state index in [9.17, 15) is 0 Å². The highest BCUT2D eigenvalue weighted by Gasteiger charge is 2.07. The highest BCUT2D eigenvalue weighted by Crippen LogP contribution is 2.33. The molecule has 2 aromatic carbocycles. The van der Waals surface area contributed by atoms with Crippen LogP contribution in [0.3, 0.4) is 0 Å². The molecule has 2 nitrogen and oxygen atoms in total. The van der Waals surface area contributed by atoms with Crippen LogP contribution in [0.1, 0.15) is 0 Å². The van der Waals surface area contributed by atoms with Crippen molar-refractivity contribution in [3.05, 3.63) is 44.4 Å². The van der Waals surface area contributed by atoms with Gasteiger partial charge >= 0.3 is 0 Å². The molecule has 3 aromatic rings. The second-order valence-corrected chi connectivity index (χ2v) is 6.98. The van der Waals surface area contributed by atoms with Crippen LogP contribution in [0.25, 0.3) is 20.8 Å². The summed E-state index contributed by atoms with van der Waals surface area (Å²) in [6, 6.07) is 12.2.